The molecule has 0 radical (unpaired) electrons. The summed E-state index contributed by atoms with van der Waals surface area (Å²) < 4.78 is 5.47. The van der Waals surface area contributed by atoms with E-state index in [1.807, 2.05) is 0 Å². The Bertz CT molecular complexity index is 1030. The first-order valence-electron chi connectivity index (χ1n) is 29.6. The van der Waals surface area contributed by atoms with Crippen molar-refractivity contribution in [1.29, 1.82) is 0 Å². The van der Waals surface area contributed by atoms with Crippen LogP contribution in [-0.4, -0.2) is 47.4 Å². The molecule has 66 heavy (non-hydrogen) atoms. The molecular formula is C60H115NO5. The maximum Gasteiger partial charge on any atom is 0.305 e. The molecular weight excluding hydrogens is 815 g/mol. The van der Waals surface area contributed by atoms with Crippen LogP contribution >= 0.6 is 0 Å². The lowest BCUT2D eigenvalue weighted by molar-refractivity contribution is -0.143. The SMILES string of the molecule is CCCCCCC/C=C\CCCCCCCC(=O)OCCCCCCCCCCCCC/C=C\CCCCCCCCCC(=O)NC(CO)C(O)CCCCCCCCCCCCCCC. The fraction of sp³-hybridized carbons (Fsp3) is 0.900. The first kappa shape index (κ1) is 64.3. The molecule has 0 aromatic rings. The summed E-state index contributed by atoms with van der Waals surface area (Å²) in [7, 11) is 0. The van der Waals surface area contributed by atoms with E-state index in [1.165, 1.54) is 244 Å². The normalized spacial score (nSPS) is 12.7. The summed E-state index contributed by atoms with van der Waals surface area (Å²) in [6.45, 7) is 4.94. The third-order valence-electron chi connectivity index (χ3n) is 13.7. The highest BCUT2D eigenvalue weighted by molar-refractivity contribution is 5.76. The Morgan fingerprint density at radius 3 is 1.08 bits per heavy atom. The minimum atomic E-state index is -0.667. The molecule has 0 aromatic carbocycles. The molecule has 0 bridgehead atoms. The molecule has 3 N–H and O–H groups in total. The lowest BCUT2D eigenvalue weighted by Gasteiger charge is -2.22. The van der Waals surface area contributed by atoms with Gasteiger partial charge in [-0.25, -0.2) is 0 Å². The minimum Gasteiger partial charge on any atom is -0.466 e. The smallest absolute Gasteiger partial charge is 0.305 e. The molecule has 0 heterocycles. The van der Waals surface area contributed by atoms with Crippen LogP contribution < -0.4 is 5.32 Å². The zero-order chi connectivity index (χ0) is 47.9. The van der Waals surface area contributed by atoms with E-state index in [1.54, 1.807) is 0 Å². The number of aliphatic hydroxyl groups excluding tert-OH is 2. The first-order valence-corrected chi connectivity index (χ1v) is 29.6. The molecule has 1 amide bonds. The summed E-state index contributed by atoms with van der Waals surface area (Å²) in [5.41, 5.74) is 0. The van der Waals surface area contributed by atoms with Gasteiger partial charge in [0.25, 0.3) is 0 Å². The number of amides is 1. The fourth-order valence-electron chi connectivity index (χ4n) is 9.16. The number of esters is 1. The zero-order valence-electron chi connectivity index (χ0n) is 44.4. The fourth-order valence-corrected chi connectivity index (χ4v) is 9.16. The Morgan fingerprint density at radius 1 is 0.409 bits per heavy atom. The largest absolute Gasteiger partial charge is 0.466 e. The van der Waals surface area contributed by atoms with E-state index < -0.39 is 12.1 Å². The molecule has 2 unspecified atom stereocenters. The van der Waals surface area contributed by atoms with Gasteiger partial charge in [0.1, 0.15) is 0 Å². The Labute approximate surface area is 411 Å². The molecule has 2 atom stereocenters. The molecule has 0 saturated heterocycles. The van der Waals surface area contributed by atoms with Crippen LogP contribution in [0.25, 0.3) is 0 Å². The second-order valence-corrected chi connectivity index (χ2v) is 20.3. The number of aliphatic hydroxyl groups is 2. The molecule has 0 fully saturated rings. The summed E-state index contributed by atoms with van der Waals surface area (Å²) in [4.78, 5) is 24.5. The topological polar surface area (TPSA) is 95.9 Å². The van der Waals surface area contributed by atoms with Crippen molar-refractivity contribution in [2.24, 2.45) is 0 Å². The van der Waals surface area contributed by atoms with Crippen LogP contribution in [0.3, 0.4) is 0 Å². The molecule has 0 aromatic heterocycles. The first-order chi connectivity index (χ1) is 32.5. The van der Waals surface area contributed by atoms with Gasteiger partial charge < -0.3 is 20.3 Å². The number of carbonyl (C=O) groups is 2. The van der Waals surface area contributed by atoms with Gasteiger partial charge in [0, 0.05) is 12.8 Å². The quantitative estimate of drug-likeness (QED) is 0.0321. The second-order valence-electron chi connectivity index (χ2n) is 20.3. The van der Waals surface area contributed by atoms with E-state index in [9.17, 15) is 19.8 Å². The average Bonchev–Trinajstić information content (AvgIpc) is 3.32. The highest BCUT2D eigenvalue weighted by Crippen LogP contribution is 2.17. The van der Waals surface area contributed by atoms with Crippen molar-refractivity contribution in [2.45, 2.75) is 334 Å². The molecule has 0 rings (SSSR count). The van der Waals surface area contributed by atoms with E-state index in [2.05, 4.69) is 43.5 Å². The van der Waals surface area contributed by atoms with Crippen molar-refractivity contribution < 1.29 is 24.5 Å². The molecule has 6 heteroatoms. The van der Waals surface area contributed by atoms with E-state index in [0.717, 1.165) is 44.9 Å². The van der Waals surface area contributed by atoms with Crippen molar-refractivity contribution in [1.82, 2.24) is 5.32 Å². The molecule has 0 spiro atoms. The molecule has 390 valence electrons. The second kappa shape index (κ2) is 55.9. The highest BCUT2D eigenvalue weighted by Gasteiger charge is 2.20. The van der Waals surface area contributed by atoms with Gasteiger partial charge in [0.15, 0.2) is 0 Å². The predicted molar refractivity (Wildman–Crippen MR) is 287 cm³/mol. The standard InChI is InChI=1S/C60H115NO5/c1-3-5-7-9-11-13-15-17-30-34-38-42-46-50-54-60(65)66-55-51-47-43-39-35-31-27-25-23-21-19-18-20-22-24-26-29-33-37-41-45-49-53-59(64)61-57(56-62)58(63)52-48-44-40-36-32-28-16-14-12-10-8-6-4-2/h15,17,20,22,57-58,62-63H,3-14,16,18-19,21,23-56H2,1-2H3,(H,61,64)/b17-15-,22-20-. The average molecular weight is 931 g/mol. The minimum absolute atomic E-state index is 0.00154. The summed E-state index contributed by atoms with van der Waals surface area (Å²) >= 11 is 0. The Morgan fingerprint density at radius 2 is 0.712 bits per heavy atom. The van der Waals surface area contributed by atoms with Crippen LogP contribution in [-0.2, 0) is 14.3 Å². The number of allylic oxidation sites excluding steroid dienone is 4. The van der Waals surface area contributed by atoms with E-state index in [0.29, 0.717) is 25.9 Å². The van der Waals surface area contributed by atoms with Crippen molar-refractivity contribution in [3.05, 3.63) is 24.3 Å². The maximum atomic E-state index is 12.5. The van der Waals surface area contributed by atoms with Gasteiger partial charge >= 0.3 is 5.97 Å². The number of nitrogens with one attached hydrogen (secondary N) is 1. The van der Waals surface area contributed by atoms with Gasteiger partial charge in [-0.05, 0) is 77.0 Å². The molecule has 6 nitrogen and oxygen atoms in total. The number of hydrogen-bond acceptors (Lipinski definition) is 5. The maximum absolute atomic E-state index is 12.5. The molecule has 0 aliphatic heterocycles. The highest BCUT2D eigenvalue weighted by atomic mass is 16.5. The number of ether oxygens (including phenoxy) is 1. The van der Waals surface area contributed by atoms with Gasteiger partial charge in [0.2, 0.25) is 5.91 Å². The lowest BCUT2D eigenvalue weighted by atomic mass is 10.0. The van der Waals surface area contributed by atoms with Crippen LogP contribution in [0.4, 0.5) is 0 Å². The van der Waals surface area contributed by atoms with Gasteiger partial charge in [-0.3, -0.25) is 9.59 Å². The molecule has 0 saturated carbocycles. The summed E-state index contributed by atoms with van der Waals surface area (Å²) in [6, 6.07) is -0.545. The predicted octanol–water partition coefficient (Wildman–Crippen LogP) is 18.2. The third kappa shape index (κ3) is 51.7. The van der Waals surface area contributed by atoms with Crippen LogP contribution in [0.15, 0.2) is 24.3 Å². The van der Waals surface area contributed by atoms with E-state index in [-0.39, 0.29) is 18.5 Å². The van der Waals surface area contributed by atoms with Crippen molar-refractivity contribution >= 4 is 11.9 Å². The Hall–Kier alpha value is -1.66. The summed E-state index contributed by atoms with van der Waals surface area (Å²) in [5, 5.41) is 23.2. The van der Waals surface area contributed by atoms with Crippen molar-refractivity contribution in [3.63, 3.8) is 0 Å². The van der Waals surface area contributed by atoms with Crippen molar-refractivity contribution in [3.8, 4) is 0 Å². The van der Waals surface area contributed by atoms with E-state index >= 15 is 0 Å². The van der Waals surface area contributed by atoms with Gasteiger partial charge in [-0.15, -0.1) is 0 Å². The van der Waals surface area contributed by atoms with Crippen LogP contribution in [0.5, 0.6) is 0 Å². The lowest BCUT2D eigenvalue weighted by Crippen LogP contribution is -2.45. The summed E-state index contributed by atoms with van der Waals surface area (Å²) in [5.74, 6) is -0.0399. The van der Waals surface area contributed by atoms with Crippen molar-refractivity contribution in [2.75, 3.05) is 13.2 Å². The number of rotatable bonds is 55. The summed E-state index contributed by atoms with van der Waals surface area (Å²) in [6.07, 6.45) is 67.5. The van der Waals surface area contributed by atoms with Gasteiger partial charge in [-0.1, -0.05) is 256 Å². The zero-order valence-corrected chi connectivity index (χ0v) is 44.4. The van der Waals surface area contributed by atoms with Crippen LogP contribution in [0.2, 0.25) is 0 Å². The number of hydrogen-bond donors (Lipinski definition) is 3. The molecule has 0 aliphatic rings. The number of unbranched alkanes of at least 4 members (excludes halogenated alkanes) is 40. The van der Waals surface area contributed by atoms with Gasteiger partial charge in [-0.2, -0.15) is 0 Å². The van der Waals surface area contributed by atoms with Crippen LogP contribution in [0.1, 0.15) is 322 Å². The molecule has 0 aliphatic carbocycles. The Kier molecular flexibility index (Phi) is 54.5. The monoisotopic (exact) mass is 930 g/mol. The third-order valence-corrected chi connectivity index (χ3v) is 13.7. The number of carbonyl (C=O) groups excluding carboxylic acids is 2. The van der Waals surface area contributed by atoms with E-state index in [4.69, 9.17) is 4.74 Å². The van der Waals surface area contributed by atoms with Gasteiger partial charge in [0.05, 0.1) is 25.4 Å². The van der Waals surface area contributed by atoms with Crippen LogP contribution in [0, 0.1) is 0 Å². The Balaban J connectivity index is 3.41.